The van der Waals surface area contributed by atoms with E-state index in [0.717, 1.165) is 34.2 Å². The number of aromatic nitrogens is 2. The average molecular weight is 470 g/mol. The molecule has 6 nitrogen and oxygen atoms in total. The van der Waals surface area contributed by atoms with Crippen LogP contribution in [-0.4, -0.2) is 35.9 Å². The number of hydrogen-bond donors (Lipinski definition) is 1. The number of hydrogen-bond acceptors (Lipinski definition) is 4. The number of anilines is 2. The number of nitrogens with zero attached hydrogens (tertiary/aromatic N) is 4. The molecule has 0 aliphatic carbocycles. The van der Waals surface area contributed by atoms with E-state index in [4.69, 9.17) is 17.0 Å². The average Bonchev–Trinajstić information content (AvgIpc) is 3.48. The molecule has 34 heavy (non-hydrogen) atoms. The van der Waals surface area contributed by atoms with Crippen molar-refractivity contribution >= 4 is 28.7 Å². The molecule has 0 amide bonds. The maximum absolute atomic E-state index is 5.89. The first-order chi connectivity index (χ1) is 16.6. The highest BCUT2D eigenvalue weighted by Gasteiger charge is 2.42. The normalized spacial score (nSPS) is 17.5. The predicted molar refractivity (Wildman–Crippen MR) is 141 cm³/mol. The second-order valence-corrected chi connectivity index (χ2v) is 8.77. The predicted octanol–water partition coefficient (Wildman–Crippen LogP) is 5.12. The topological polar surface area (TPSA) is 45.6 Å². The maximum Gasteiger partial charge on any atom is 0.174 e. The molecule has 1 saturated heterocycles. The highest BCUT2D eigenvalue weighted by Crippen LogP contribution is 2.43. The number of methoxy groups -OCH3 is 1. The van der Waals surface area contributed by atoms with Gasteiger partial charge < -0.3 is 24.4 Å². The van der Waals surface area contributed by atoms with E-state index >= 15 is 0 Å². The summed E-state index contributed by atoms with van der Waals surface area (Å²) >= 11 is 5.89. The Balaban J connectivity index is 1.66. The van der Waals surface area contributed by atoms with Crippen LogP contribution in [-0.2, 0) is 0 Å². The van der Waals surface area contributed by atoms with Crippen LogP contribution in [0.5, 0.6) is 5.75 Å². The maximum atomic E-state index is 5.89. The van der Waals surface area contributed by atoms with Crippen LogP contribution in [0, 0.1) is 0 Å². The van der Waals surface area contributed by atoms with Gasteiger partial charge in [-0.3, -0.25) is 4.98 Å². The number of ether oxygens (including phenoxy) is 1. The van der Waals surface area contributed by atoms with E-state index in [-0.39, 0.29) is 12.1 Å². The first-order valence-electron chi connectivity index (χ1n) is 11.2. The number of thiocarbonyl (C=S) groups is 1. The van der Waals surface area contributed by atoms with Gasteiger partial charge >= 0.3 is 0 Å². The number of pyridine rings is 1. The minimum atomic E-state index is -0.120. The molecule has 0 spiro atoms. The largest absolute Gasteiger partial charge is 0.495 e. The Morgan fingerprint density at radius 3 is 2.41 bits per heavy atom. The molecular weight excluding hydrogens is 442 g/mol. The Hall–Kier alpha value is -3.84. The Bertz CT molecular complexity index is 1290. The SMILES string of the molecule is COc1ccccc1-n1cccc1[C@H]1[C@@H](c2ccccn2)NC(=S)N1c1ccc(N(C)C)cc1. The van der Waals surface area contributed by atoms with Gasteiger partial charge in [-0.25, -0.2) is 0 Å². The molecule has 1 aliphatic heterocycles. The van der Waals surface area contributed by atoms with E-state index in [1.54, 1.807) is 7.11 Å². The van der Waals surface area contributed by atoms with Crippen LogP contribution < -0.4 is 19.9 Å². The van der Waals surface area contributed by atoms with Crippen LogP contribution in [0.4, 0.5) is 11.4 Å². The second kappa shape index (κ2) is 9.19. The molecule has 1 N–H and O–H groups in total. The third kappa shape index (κ3) is 3.88. The van der Waals surface area contributed by atoms with Crippen LogP contribution >= 0.6 is 12.2 Å². The van der Waals surface area contributed by atoms with Gasteiger partial charge in [0.15, 0.2) is 5.11 Å². The van der Waals surface area contributed by atoms with E-state index in [0.29, 0.717) is 5.11 Å². The zero-order valence-electron chi connectivity index (χ0n) is 19.4. The van der Waals surface area contributed by atoms with Gasteiger partial charge in [0.2, 0.25) is 0 Å². The van der Waals surface area contributed by atoms with Crippen LogP contribution in [0.15, 0.2) is 91.3 Å². The summed E-state index contributed by atoms with van der Waals surface area (Å²) in [7, 11) is 5.78. The third-order valence-corrected chi connectivity index (χ3v) is 6.48. The molecule has 2 atom stereocenters. The molecule has 7 heteroatoms. The van der Waals surface area contributed by atoms with Crippen molar-refractivity contribution in [3.05, 3.63) is 103 Å². The van der Waals surface area contributed by atoms with Crippen molar-refractivity contribution in [1.82, 2.24) is 14.9 Å². The minimum Gasteiger partial charge on any atom is -0.495 e. The lowest BCUT2D eigenvalue weighted by Gasteiger charge is -2.29. The van der Waals surface area contributed by atoms with Crippen molar-refractivity contribution in [2.45, 2.75) is 12.1 Å². The van der Waals surface area contributed by atoms with E-state index in [2.05, 4.69) is 73.3 Å². The van der Waals surface area contributed by atoms with E-state index < -0.39 is 0 Å². The lowest BCUT2D eigenvalue weighted by atomic mass is 10.0. The molecular formula is C27H27N5OS. The van der Waals surface area contributed by atoms with Gasteiger partial charge in [-0.15, -0.1) is 0 Å². The van der Waals surface area contributed by atoms with E-state index in [9.17, 15) is 0 Å². The highest BCUT2D eigenvalue weighted by molar-refractivity contribution is 7.80. The fourth-order valence-electron chi connectivity index (χ4n) is 4.53. The van der Waals surface area contributed by atoms with Gasteiger partial charge in [0.1, 0.15) is 11.8 Å². The summed E-state index contributed by atoms with van der Waals surface area (Å²) in [6, 6.07) is 26.5. The molecule has 0 radical (unpaired) electrons. The summed E-state index contributed by atoms with van der Waals surface area (Å²) in [6.45, 7) is 0. The standard InChI is InChI=1S/C27H27N5OS/c1-30(2)19-13-15-20(16-14-19)32-26(25(29-27(32)34)21-9-6-7-17-28-21)23-11-8-18-31(23)22-10-4-5-12-24(22)33-3/h4-18,25-26H,1-3H3,(H,29,34)/t25-,26+/m1/s1. The first-order valence-corrected chi connectivity index (χ1v) is 11.6. The quantitative estimate of drug-likeness (QED) is 0.395. The summed E-state index contributed by atoms with van der Waals surface area (Å²) in [6.07, 6.45) is 3.89. The minimum absolute atomic E-state index is 0.118. The molecule has 0 unspecified atom stereocenters. The Labute approximate surface area is 205 Å². The monoisotopic (exact) mass is 469 g/mol. The third-order valence-electron chi connectivity index (χ3n) is 6.17. The molecule has 172 valence electrons. The lowest BCUT2D eigenvalue weighted by Crippen LogP contribution is -2.30. The Kier molecular flexibility index (Phi) is 5.94. The number of para-hydroxylation sites is 2. The van der Waals surface area contributed by atoms with Crippen molar-refractivity contribution in [2.24, 2.45) is 0 Å². The summed E-state index contributed by atoms with van der Waals surface area (Å²) in [5, 5.41) is 4.21. The zero-order chi connectivity index (χ0) is 23.7. The van der Waals surface area contributed by atoms with Gasteiger partial charge in [0.05, 0.1) is 24.5 Å². The number of nitrogens with one attached hydrogen (secondary N) is 1. The van der Waals surface area contributed by atoms with Crippen molar-refractivity contribution < 1.29 is 4.74 Å². The Morgan fingerprint density at radius 1 is 0.941 bits per heavy atom. The zero-order valence-corrected chi connectivity index (χ0v) is 20.2. The van der Waals surface area contributed by atoms with Crippen LogP contribution in [0.25, 0.3) is 5.69 Å². The van der Waals surface area contributed by atoms with Crippen LogP contribution in [0.1, 0.15) is 23.5 Å². The molecule has 5 rings (SSSR count). The molecule has 2 aromatic heterocycles. The molecule has 1 fully saturated rings. The molecule has 4 aromatic rings. The van der Waals surface area contributed by atoms with Crippen molar-refractivity contribution in [1.29, 1.82) is 0 Å². The molecule has 2 aromatic carbocycles. The van der Waals surface area contributed by atoms with Crippen LogP contribution in [0.2, 0.25) is 0 Å². The summed E-state index contributed by atoms with van der Waals surface area (Å²) in [5.74, 6) is 0.810. The van der Waals surface area contributed by atoms with Crippen molar-refractivity contribution in [3.8, 4) is 11.4 Å². The van der Waals surface area contributed by atoms with Crippen molar-refractivity contribution in [2.75, 3.05) is 31.0 Å². The molecule has 3 heterocycles. The smallest absolute Gasteiger partial charge is 0.174 e. The number of benzene rings is 2. The molecule has 0 bridgehead atoms. The van der Waals surface area contributed by atoms with E-state index in [1.165, 1.54) is 0 Å². The molecule has 0 saturated carbocycles. The highest BCUT2D eigenvalue weighted by atomic mass is 32.1. The van der Waals surface area contributed by atoms with E-state index in [1.807, 2.05) is 56.7 Å². The van der Waals surface area contributed by atoms with Crippen molar-refractivity contribution in [3.63, 3.8) is 0 Å². The fraction of sp³-hybridized carbons (Fsp3) is 0.185. The van der Waals surface area contributed by atoms with Gasteiger partial charge in [0.25, 0.3) is 0 Å². The summed E-state index contributed by atoms with van der Waals surface area (Å²) in [5.41, 5.74) is 5.17. The van der Waals surface area contributed by atoms with Crippen LogP contribution in [0.3, 0.4) is 0 Å². The second-order valence-electron chi connectivity index (χ2n) is 8.38. The first kappa shape index (κ1) is 22.0. The van der Waals surface area contributed by atoms with Gasteiger partial charge in [0, 0.05) is 43.6 Å². The van der Waals surface area contributed by atoms with Gasteiger partial charge in [-0.2, -0.15) is 0 Å². The summed E-state index contributed by atoms with van der Waals surface area (Å²) < 4.78 is 7.85. The summed E-state index contributed by atoms with van der Waals surface area (Å²) in [4.78, 5) is 8.95. The Morgan fingerprint density at radius 2 is 1.71 bits per heavy atom. The molecule has 1 aliphatic rings. The fourth-order valence-corrected chi connectivity index (χ4v) is 4.87. The van der Waals surface area contributed by atoms with Gasteiger partial charge in [-0.05, 0) is 72.9 Å². The number of rotatable bonds is 6. The van der Waals surface area contributed by atoms with Gasteiger partial charge in [-0.1, -0.05) is 18.2 Å². The lowest BCUT2D eigenvalue weighted by molar-refractivity contribution is 0.412.